The summed E-state index contributed by atoms with van der Waals surface area (Å²) in [5.41, 5.74) is 7.24. The first-order valence-electron chi connectivity index (χ1n) is 6.63. The number of nitrogens with two attached hydrogens (primary N) is 1. The standard InChI is InChI=1S/C14H22N4/c1-10-4-3-5-11(2)18(10)9-12-6-7-17-13(8-12)14(15)16/h6-8,10-11H,3-5,9H2,1-2H3,(H3,15,16)/t10-,11+. The third-order valence-electron chi connectivity index (χ3n) is 3.84. The normalized spacial score (nSPS) is 25.0. The zero-order valence-electron chi connectivity index (χ0n) is 11.2. The van der Waals surface area contributed by atoms with Crippen LogP contribution in [0.15, 0.2) is 18.3 Å². The number of nitrogens with zero attached hydrogens (tertiary/aromatic N) is 2. The van der Waals surface area contributed by atoms with Gasteiger partial charge < -0.3 is 5.73 Å². The van der Waals surface area contributed by atoms with Gasteiger partial charge in [0.15, 0.2) is 0 Å². The molecule has 0 spiro atoms. The number of hydrogen-bond donors (Lipinski definition) is 2. The lowest BCUT2D eigenvalue weighted by atomic mass is 9.97. The van der Waals surface area contributed by atoms with Crippen LogP contribution in [0.1, 0.15) is 44.4 Å². The van der Waals surface area contributed by atoms with E-state index < -0.39 is 0 Å². The summed E-state index contributed by atoms with van der Waals surface area (Å²) in [7, 11) is 0. The lowest BCUT2D eigenvalue weighted by Crippen LogP contribution is -2.43. The number of likely N-dealkylation sites (tertiary alicyclic amines) is 1. The van der Waals surface area contributed by atoms with E-state index >= 15 is 0 Å². The highest BCUT2D eigenvalue weighted by Crippen LogP contribution is 2.24. The van der Waals surface area contributed by atoms with E-state index in [1.54, 1.807) is 6.20 Å². The summed E-state index contributed by atoms with van der Waals surface area (Å²) in [6.45, 7) is 5.51. The molecule has 1 aliphatic rings. The second-order valence-corrected chi connectivity index (χ2v) is 5.26. The topological polar surface area (TPSA) is 66.0 Å². The summed E-state index contributed by atoms with van der Waals surface area (Å²) in [4.78, 5) is 6.63. The average molecular weight is 246 g/mol. The van der Waals surface area contributed by atoms with Crippen molar-refractivity contribution in [3.05, 3.63) is 29.6 Å². The molecule has 2 heterocycles. The minimum absolute atomic E-state index is 0.0385. The summed E-state index contributed by atoms with van der Waals surface area (Å²) >= 11 is 0. The van der Waals surface area contributed by atoms with Crippen molar-refractivity contribution in [3.8, 4) is 0 Å². The van der Waals surface area contributed by atoms with Crippen LogP contribution in [0.2, 0.25) is 0 Å². The molecule has 1 saturated heterocycles. The molecule has 4 nitrogen and oxygen atoms in total. The van der Waals surface area contributed by atoms with Crippen molar-refractivity contribution in [2.75, 3.05) is 0 Å². The van der Waals surface area contributed by atoms with Crippen molar-refractivity contribution in [2.45, 2.75) is 51.7 Å². The number of aromatic nitrogens is 1. The molecule has 0 amide bonds. The fourth-order valence-electron chi connectivity index (χ4n) is 2.72. The number of nitrogens with one attached hydrogen (secondary N) is 1. The van der Waals surface area contributed by atoms with Gasteiger partial charge in [0.1, 0.15) is 11.5 Å². The molecule has 4 heteroatoms. The van der Waals surface area contributed by atoms with Crippen LogP contribution in [0.3, 0.4) is 0 Å². The molecule has 0 saturated carbocycles. The van der Waals surface area contributed by atoms with Gasteiger partial charge in [-0.15, -0.1) is 0 Å². The number of piperidine rings is 1. The number of rotatable bonds is 3. The molecule has 2 atom stereocenters. The van der Waals surface area contributed by atoms with E-state index in [0.29, 0.717) is 17.8 Å². The Labute approximate surface area is 109 Å². The van der Waals surface area contributed by atoms with Gasteiger partial charge in [-0.25, -0.2) is 0 Å². The summed E-state index contributed by atoms with van der Waals surface area (Å²) in [5.74, 6) is 0.0385. The largest absolute Gasteiger partial charge is 0.382 e. The van der Waals surface area contributed by atoms with Crippen molar-refractivity contribution >= 4 is 5.84 Å². The molecular formula is C14H22N4. The third kappa shape index (κ3) is 2.88. The molecule has 3 N–H and O–H groups in total. The predicted octanol–water partition coefficient (Wildman–Crippen LogP) is 2.13. The first-order valence-corrected chi connectivity index (χ1v) is 6.63. The zero-order valence-corrected chi connectivity index (χ0v) is 11.2. The van der Waals surface area contributed by atoms with Crippen LogP contribution in [-0.4, -0.2) is 27.8 Å². The lowest BCUT2D eigenvalue weighted by Gasteiger charge is -2.39. The molecule has 0 aliphatic carbocycles. The molecule has 1 aromatic rings. The summed E-state index contributed by atoms with van der Waals surface area (Å²) < 4.78 is 0. The Hall–Kier alpha value is -1.42. The van der Waals surface area contributed by atoms with Crippen molar-refractivity contribution in [1.29, 1.82) is 5.41 Å². The molecule has 0 radical (unpaired) electrons. The Morgan fingerprint density at radius 3 is 2.72 bits per heavy atom. The maximum Gasteiger partial charge on any atom is 0.141 e. The van der Waals surface area contributed by atoms with Crippen LogP contribution in [-0.2, 0) is 6.54 Å². The van der Waals surface area contributed by atoms with Gasteiger partial charge in [0.05, 0.1) is 0 Å². The molecule has 18 heavy (non-hydrogen) atoms. The second kappa shape index (κ2) is 5.48. The van der Waals surface area contributed by atoms with E-state index in [1.165, 1.54) is 24.8 Å². The van der Waals surface area contributed by atoms with Crippen molar-refractivity contribution < 1.29 is 0 Å². The smallest absolute Gasteiger partial charge is 0.141 e. The molecule has 98 valence electrons. The van der Waals surface area contributed by atoms with Gasteiger partial charge >= 0.3 is 0 Å². The van der Waals surface area contributed by atoms with E-state index in [9.17, 15) is 0 Å². The second-order valence-electron chi connectivity index (χ2n) is 5.26. The van der Waals surface area contributed by atoms with Crippen LogP contribution >= 0.6 is 0 Å². The van der Waals surface area contributed by atoms with E-state index in [4.69, 9.17) is 11.1 Å². The minimum Gasteiger partial charge on any atom is -0.382 e. The van der Waals surface area contributed by atoms with Gasteiger partial charge in [-0.2, -0.15) is 0 Å². The highest BCUT2D eigenvalue weighted by atomic mass is 15.2. The summed E-state index contributed by atoms with van der Waals surface area (Å²) in [6.07, 6.45) is 5.61. The van der Waals surface area contributed by atoms with Gasteiger partial charge in [0.25, 0.3) is 0 Å². The maximum absolute atomic E-state index is 7.43. The van der Waals surface area contributed by atoms with Crippen LogP contribution in [0.4, 0.5) is 0 Å². The number of hydrogen-bond acceptors (Lipinski definition) is 3. The Bertz CT molecular complexity index is 420. The number of nitrogen functional groups attached to an aromatic ring is 1. The third-order valence-corrected chi connectivity index (χ3v) is 3.84. The summed E-state index contributed by atoms with van der Waals surface area (Å²) in [5, 5.41) is 7.43. The maximum atomic E-state index is 7.43. The van der Waals surface area contributed by atoms with Crippen LogP contribution in [0.5, 0.6) is 0 Å². The SMILES string of the molecule is C[C@@H]1CCC[C@H](C)N1Cc1ccnc(C(=N)N)c1. The van der Waals surface area contributed by atoms with Gasteiger partial charge in [0, 0.05) is 24.8 Å². The number of pyridine rings is 1. The zero-order chi connectivity index (χ0) is 13.1. The summed E-state index contributed by atoms with van der Waals surface area (Å²) in [6, 6.07) is 5.20. The van der Waals surface area contributed by atoms with Gasteiger partial charge in [-0.1, -0.05) is 6.42 Å². The fraction of sp³-hybridized carbons (Fsp3) is 0.571. The first kappa shape index (κ1) is 13.0. The Balaban J connectivity index is 2.12. The van der Waals surface area contributed by atoms with Crippen molar-refractivity contribution in [2.24, 2.45) is 5.73 Å². The molecule has 0 bridgehead atoms. The number of amidine groups is 1. The minimum atomic E-state index is 0.0385. The Morgan fingerprint density at radius 1 is 1.44 bits per heavy atom. The van der Waals surface area contributed by atoms with Gasteiger partial charge in [-0.05, 0) is 44.4 Å². The molecular weight excluding hydrogens is 224 g/mol. The van der Waals surface area contributed by atoms with E-state index in [2.05, 4.69) is 23.7 Å². The van der Waals surface area contributed by atoms with E-state index in [1.807, 2.05) is 12.1 Å². The van der Waals surface area contributed by atoms with Crippen molar-refractivity contribution in [3.63, 3.8) is 0 Å². The van der Waals surface area contributed by atoms with Crippen LogP contribution in [0, 0.1) is 5.41 Å². The van der Waals surface area contributed by atoms with Gasteiger partial charge in [-0.3, -0.25) is 15.3 Å². The highest BCUT2D eigenvalue weighted by molar-refractivity contribution is 5.93. The quantitative estimate of drug-likeness (QED) is 0.634. The Kier molecular flexibility index (Phi) is 3.97. The molecule has 2 rings (SSSR count). The Morgan fingerprint density at radius 2 is 2.11 bits per heavy atom. The fourth-order valence-corrected chi connectivity index (χ4v) is 2.72. The van der Waals surface area contributed by atoms with Crippen LogP contribution in [0.25, 0.3) is 0 Å². The van der Waals surface area contributed by atoms with Crippen LogP contribution < -0.4 is 5.73 Å². The average Bonchev–Trinajstić information content (AvgIpc) is 2.34. The predicted molar refractivity (Wildman–Crippen MR) is 73.6 cm³/mol. The van der Waals surface area contributed by atoms with E-state index in [0.717, 1.165) is 6.54 Å². The van der Waals surface area contributed by atoms with Gasteiger partial charge in [0.2, 0.25) is 0 Å². The molecule has 1 fully saturated rings. The molecule has 1 aliphatic heterocycles. The molecule has 0 aromatic carbocycles. The lowest BCUT2D eigenvalue weighted by molar-refractivity contribution is 0.0952. The molecule has 0 unspecified atom stereocenters. The monoisotopic (exact) mass is 246 g/mol. The molecule has 1 aromatic heterocycles. The van der Waals surface area contributed by atoms with Crippen molar-refractivity contribution in [1.82, 2.24) is 9.88 Å². The first-order chi connectivity index (χ1) is 8.58. The highest BCUT2D eigenvalue weighted by Gasteiger charge is 2.24. The van der Waals surface area contributed by atoms with E-state index in [-0.39, 0.29) is 5.84 Å².